The van der Waals surface area contributed by atoms with Gasteiger partial charge in [-0.1, -0.05) is 54.4 Å². The Balaban J connectivity index is 2.28. The Morgan fingerprint density at radius 2 is 1.83 bits per heavy atom. The second-order valence-corrected chi connectivity index (χ2v) is 7.42. The van der Waals surface area contributed by atoms with Crippen molar-refractivity contribution in [1.82, 2.24) is 20.2 Å². The van der Waals surface area contributed by atoms with E-state index in [4.69, 9.17) is 27.9 Å². The van der Waals surface area contributed by atoms with Crippen molar-refractivity contribution in [2.75, 3.05) is 20.7 Å². The topological polar surface area (TPSA) is 59.4 Å². The number of nitrogens with one attached hydrogen (secondary N) is 1. The monoisotopic (exact) mass is 432 g/mol. The van der Waals surface area contributed by atoms with Crippen molar-refractivity contribution in [1.29, 1.82) is 0 Å². The first-order chi connectivity index (χ1) is 13.9. The number of amides is 1. The van der Waals surface area contributed by atoms with Crippen LogP contribution in [0.3, 0.4) is 0 Å². The van der Waals surface area contributed by atoms with Crippen LogP contribution in [-0.4, -0.2) is 41.4 Å². The molecule has 0 saturated heterocycles. The predicted octanol–water partition coefficient (Wildman–Crippen LogP) is 4.84. The normalized spacial score (nSPS) is 11.0. The van der Waals surface area contributed by atoms with Gasteiger partial charge in [0.2, 0.25) is 0 Å². The number of halogens is 2. The minimum Gasteiger partial charge on any atom is -0.489 e. The molecular weight excluding hydrogens is 411 g/mol. The molecule has 8 heteroatoms. The zero-order valence-corrected chi connectivity index (χ0v) is 18.0. The van der Waals surface area contributed by atoms with Crippen LogP contribution >= 0.6 is 23.2 Å². The maximum absolute atomic E-state index is 12.8. The van der Waals surface area contributed by atoms with Crippen molar-refractivity contribution in [3.8, 4) is 22.7 Å². The SMILES string of the molecule is CCCOc1c(C(=O)NN(C)C)nn(-c2ccccc2Cl)c1-c1ccc(Cl)cc1. The zero-order chi connectivity index (χ0) is 21.0. The van der Waals surface area contributed by atoms with E-state index < -0.39 is 0 Å². The molecule has 1 amide bonds. The van der Waals surface area contributed by atoms with Crippen molar-refractivity contribution >= 4 is 29.1 Å². The third kappa shape index (κ3) is 4.72. The van der Waals surface area contributed by atoms with E-state index in [0.717, 1.165) is 12.0 Å². The molecule has 6 nitrogen and oxygen atoms in total. The van der Waals surface area contributed by atoms with Gasteiger partial charge in [0.15, 0.2) is 11.4 Å². The van der Waals surface area contributed by atoms with E-state index in [0.29, 0.717) is 33.8 Å². The average Bonchev–Trinajstić information content (AvgIpc) is 3.06. The number of hydrazine groups is 1. The summed E-state index contributed by atoms with van der Waals surface area (Å²) >= 11 is 12.5. The van der Waals surface area contributed by atoms with Gasteiger partial charge in [-0.2, -0.15) is 5.10 Å². The van der Waals surface area contributed by atoms with Crippen molar-refractivity contribution < 1.29 is 9.53 Å². The van der Waals surface area contributed by atoms with Crippen molar-refractivity contribution in [3.05, 3.63) is 64.3 Å². The Hall–Kier alpha value is -2.54. The molecule has 0 aliphatic carbocycles. The van der Waals surface area contributed by atoms with Crippen LogP contribution in [0.1, 0.15) is 23.8 Å². The van der Waals surface area contributed by atoms with E-state index in [1.165, 1.54) is 0 Å². The first kappa shape index (κ1) is 21.2. The van der Waals surface area contributed by atoms with E-state index in [1.54, 1.807) is 42.0 Å². The minimum atomic E-state index is -0.373. The molecule has 0 unspecified atom stereocenters. The summed E-state index contributed by atoms with van der Waals surface area (Å²) in [5, 5.41) is 7.26. The fourth-order valence-electron chi connectivity index (χ4n) is 2.81. The van der Waals surface area contributed by atoms with Gasteiger partial charge in [-0.05, 0) is 30.7 Å². The number of benzene rings is 2. The summed E-state index contributed by atoms with van der Waals surface area (Å²) in [7, 11) is 3.46. The van der Waals surface area contributed by atoms with Gasteiger partial charge in [0.1, 0.15) is 5.69 Å². The largest absolute Gasteiger partial charge is 0.489 e. The van der Waals surface area contributed by atoms with E-state index in [-0.39, 0.29) is 11.6 Å². The molecule has 0 spiro atoms. The molecule has 3 aromatic rings. The standard InChI is InChI=1S/C21H22Cl2N4O2/c1-4-13-29-20-18(21(28)25-26(2)3)24-27(17-8-6-5-7-16(17)23)19(20)14-9-11-15(22)12-10-14/h5-12H,4,13H2,1-3H3,(H,25,28). The maximum atomic E-state index is 12.8. The number of carbonyl (C=O) groups is 1. The van der Waals surface area contributed by atoms with Gasteiger partial charge in [-0.25, -0.2) is 9.69 Å². The lowest BCUT2D eigenvalue weighted by Crippen LogP contribution is -2.36. The van der Waals surface area contributed by atoms with Gasteiger partial charge in [-0.15, -0.1) is 0 Å². The Morgan fingerprint density at radius 3 is 2.45 bits per heavy atom. The Bertz CT molecular complexity index is 1000. The van der Waals surface area contributed by atoms with Gasteiger partial charge in [0.05, 0.1) is 17.3 Å². The van der Waals surface area contributed by atoms with Crippen LogP contribution in [0.5, 0.6) is 5.75 Å². The summed E-state index contributed by atoms with van der Waals surface area (Å²) < 4.78 is 7.65. The fourth-order valence-corrected chi connectivity index (χ4v) is 3.15. The Kier molecular flexibility index (Phi) is 6.79. The number of rotatable bonds is 7. The lowest BCUT2D eigenvalue weighted by atomic mass is 10.1. The third-order valence-electron chi connectivity index (χ3n) is 4.03. The van der Waals surface area contributed by atoms with Crippen molar-refractivity contribution in [2.45, 2.75) is 13.3 Å². The van der Waals surface area contributed by atoms with Gasteiger partial charge in [0, 0.05) is 24.7 Å². The molecule has 1 N–H and O–H groups in total. The van der Waals surface area contributed by atoms with Crippen LogP contribution in [-0.2, 0) is 0 Å². The second-order valence-electron chi connectivity index (χ2n) is 6.58. The maximum Gasteiger partial charge on any atom is 0.289 e. The molecule has 3 rings (SSSR count). The number of carbonyl (C=O) groups excluding carboxylic acids is 1. The molecule has 1 heterocycles. The molecule has 0 fully saturated rings. The highest BCUT2D eigenvalue weighted by molar-refractivity contribution is 6.32. The molecular formula is C21H22Cl2N4O2. The molecule has 1 aromatic heterocycles. The van der Waals surface area contributed by atoms with Crippen LogP contribution in [0.4, 0.5) is 0 Å². The highest BCUT2D eigenvalue weighted by atomic mass is 35.5. The minimum absolute atomic E-state index is 0.178. The quantitative estimate of drug-likeness (QED) is 0.542. The van der Waals surface area contributed by atoms with Crippen molar-refractivity contribution in [2.24, 2.45) is 0 Å². The second kappa shape index (κ2) is 9.31. The first-order valence-electron chi connectivity index (χ1n) is 9.17. The predicted molar refractivity (Wildman–Crippen MR) is 116 cm³/mol. The van der Waals surface area contributed by atoms with Gasteiger partial charge in [-0.3, -0.25) is 10.2 Å². The summed E-state index contributed by atoms with van der Waals surface area (Å²) in [5.74, 6) is 0.0237. The Labute approximate surface area is 180 Å². The molecule has 152 valence electrons. The summed E-state index contributed by atoms with van der Waals surface area (Å²) in [5.41, 5.74) is 4.98. The number of ether oxygens (including phenoxy) is 1. The van der Waals surface area contributed by atoms with Gasteiger partial charge < -0.3 is 4.74 Å². The summed E-state index contributed by atoms with van der Waals surface area (Å²) in [6, 6.07) is 14.6. The lowest BCUT2D eigenvalue weighted by molar-refractivity contribution is 0.0847. The van der Waals surface area contributed by atoms with Crippen LogP contribution < -0.4 is 10.2 Å². The average molecular weight is 433 g/mol. The Morgan fingerprint density at radius 1 is 1.14 bits per heavy atom. The number of hydrogen-bond donors (Lipinski definition) is 1. The van der Waals surface area contributed by atoms with E-state index in [9.17, 15) is 4.79 Å². The molecule has 0 saturated carbocycles. The number of nitrogens with zero attached hydrogens (tertiary/aromatic N) is 3. The molecule has 0 aliphatic heterocycles. The van der Waals surface area contributed by atoms with Crippen LogP contribution in [0.15, 0.2) is 48.5 Å². The van der Waals surface area contributed by atoms with E-state index in [2.05, 4.69) is 10.5 Å². The van der Waals surface area contributed by atoms with E-state index in [1.807, 2.05) is 37.3 Å². The number of hydrogen-bond acceptors (Lipinski definition) is 4. The van der Waals surface area contributed by atoms with Gasteiger partial charge in [0.25, 0.3) is 5.91 Å². The molecule has 0 radical (unpaired) electrons. The highest BCUT2D eigenvalue weighted by Crippen LogP contribution is 2.37. The van der Waals surface area contributed by atoms with Crippen LogP contribution in [0.2, 0.25) is 10.0 Å². The van der Waals surface area contributed by atoms with Gasteiger partial charge >= 0.3 is 0 Å². The molecule has 0 aliphatic rings. The lowest BCUT2D eigenvalue weighted by Gasteiger charge is -2.13. The summed E-state index contributed by atoms with van der Waals surface area (Å²) in [6.45, 7) is 2.44. The molecule has 0 atom stereocenters. The van der Waals surface area contributed by atoms with Crippen LogP contribution in [0, 0.1) is 0 Å². The van der Waals surface area contributed by atoms with Crippen molar-refractivity contribution in [3.63, 3.8) is 0 Å². The van der Waals surface area contributed by atoms with Crippen LogP contribution in [0.25, 0.3) is 16.9 Å². The third-order valence-corrected chi connectivity index (χ3v) is 4.60. The molecule has 2 aromatic carbocycles. The zero-order valence-electron chi connectivity index (χ0n) is 16.4. The summed E-state index contributed by atoms with van der Waals surface area (Å²) in [4.78, 5) is 12.8. The highest BCUT2D eigenvalue weighted by Gasteiger charge is 2.27. The van der Waals surface area contributed by atoms with E-state index >= 15 is 0 Å². The number of aromatic nitrogens is 2. The molecule has 0 bridgehead atoms. The summed E-state index contributed by atoms with van der Waals surface area (Å²) in [6.07, 6.45) is 0.784. The fraction of sp³-hybridized carbons (Fsp3) is 0.238. The molecule has 29 heavy (non-hydrogen) atoms. The number of para-hydroxylation sites is 1. The first-order valence-corrected chi connectivity index (χ1v) is 9.93. The smallest absolute Gasteiger partial charge is 0.289 e.